The lowest BCUT2D eigenvalue weighted by molar-refractivity contribution is -0.151. The predicted octanol–water partition coefficient (Wildman–Crippen LogP) is 3.14. The van der Waals surface area contributed by atoms with E-state index in [2.05, 4.69) is 0 Å². The van der Waals surface area contributed by atoms with Gasteiger partial charge in [0, 0.05) is 50.1 Å². The van der Waals surface area contributed by atoms with Gasteiger partial charge in [0.15, 0.2) is 0 Å². The van der Waals surface area contributed by atoms with E-state index in [4.69, 9.17) is 25.8 Å². The van der Waals surface area contributed by atoms with Crippen LogP contribution in [0.25, 0.3) is 0 Å². The molecule has 3 heterocycles. The number of halogens is 1. The van der Waals surface area contributed by atoms with Crippen molar-refractivity contribution in [3.8, 4) is 5.75 Å². The van der Waals surface area contributed by atoms with Crippen molar-refractivity contribution in [2.45, 2.75) is 50.7 Å². The highest BCUT2D eigenvalue weighted by Gasteiger charge is 2.47. The van der Waals surface area contributed by atoms with Crippen molar-refractivity contribution in [3.05, 3.63) is 29.3 Å². The summed E-state index contributed by atoms with van der Waals surface area (Å²) in [7, 11) is 1.53. The molecule has 4 rings (SSSR count). The maximum absolute atomic E-state index is 13.3. The maximum Gasteiger partial charge on any atom is 0.248 e. The third-order valence-corrected chi connectivity index (χ3v) is 7.51. The molecule has 1 aromatic carbocycles. The maximum atomic E-state index is 13.3. The lowest BCUT2D eigenvalue weighted by Gasteiger charge is -2.44. The fourth-order valence-electron chi connectivity index (χ4n) is 5.11. The molecule has 7 nitrogen and oxygen atoms in total. The van der Waals surface area contributed by atoms with E-state index in [1.807, 2.05) is 36.1 Å². The van der Waals surface area contributed by atoms with Crippen LogP contribution in [0.4, 0.5) is 0 Å². The lowest BCUT2D eigenvalue weighted by atomic mass is 9.78. The van der Waals surface area contributed by atoms with Crippen molar-refractivity contribution in [1.82, 2.24) is 9.80 Å². The number of carbonyl (C=O) groups is 2. The number of rotatable bonds is 5. The van der Waals surface area contributed by atoms with Crippen molar-refractivity contribution in [3.63, 3.8) is 0 Å². The van der Waals surface area contributed by atoms with Crippen LogP contribution in [0.3, 0.4) is 0 Å². The minimum Gasteiger partial charge on any atom is -0.488 e. The monoisotopic (exact) mass is 464 g/mol. The van der Waals surface area contributed by atoms with E-state index < -0.39 is 5.41 Å². The Bertz CT molecular complexity index is 814. The summed E-state index contributed by atoms with van der Waals surface area (Å²) in [6, 6.07) is 7.41. The number of likely N-dealkylation sites (tertiary alicyclic amines) is 2. The zero-order valence-corrected chi connectivity index (χ0v) is 19.7. The van der Waals surface area contributed by atoms with Crippen molar-refractivity contribution < 1.29 is 23.8 Å². The number of hydrogen-bond donors (Lipinski definition) is 0. The first-order valence-electron chi connectivity index (χ1n) is 11.4. The molecule has 1 atom stereocenters. The van der Waals surface area contributed by atoms with Crippen molar-refractivity contribution in [2.75, 3.05) is 46.5 Å². The first-order valence-corrected chi connectivity index (χ1v) is 11.8. The van der Waals surface area contributed by atoms with Crippen molar-refractivity contribution >= 4 is 23.4 Å². The van der Waals surface area contributed by atoms with E-state index in [9.17, 15) is 9.59 Å². The van der Waals surface area contributed by atoms with Crippen molar-refractivity contribution in [2.24, 2.45) is 5.41 Å². The summed E-state index contributed by atoms with van der Waals surface area (Å²) in [5, 5.41) is 0.689. The number of piperidine rings is 2. The van der Waals surface area contributed by atoms with E-state index in [0.29, 0.717) is 50.7 Å². The van der Waals surface area contributed by atoms with Crippen LogP contribution in [-0.4, -0.2) is 79.8 Å². The van der Waals surface area contributed by atoms with Gasteiger partial charge in [-0.25, -0.2) is 0 Å². The number of hydrogen-bond acceptors (Lipinski definition) is 5. The Labute approximate surface area is 194 Å². The Hall–Kier alpha value is -1.83. The molecule has 3 saturated heterocycles. The number of nitrogens with zero attached hydrogens (tertiary/aromatic N) is 2. The summed E-state index contributed by atoms with van der Waals surface area (Å²) < 4.78 is 17.2. The quantitative estimate of drug-likeness (QED) is 0.669. The van der Waals surface area contributed by atoms with Crippen LogP contribution in [-0.2, 0) is 19.1 Å². The topological polar surface area (TPSA) is 68.3 Å². The summed E-state index contributed by atoms with van der Waals surface area (Å²) in [6.45, 7) is 5.33. The molecule has 1 aromatic rings. The van der Waals surface area contributed by atoms with Gasteiger partial charge in [-0.2, -0.15) is 0 Å². The second-order valence-corrected chi connectivity index (χ2v) is 10.00. The van der Waals surface area contributed by atoms with E-state index >= 15 is 0 Å². The Kier molecular flexibility index (Phi) is 6.98. The fourth-order valence-corrected chi connectivity index (χ4v) is 5.24. The lowest BCUT2D eigenvalue weighted by Crippen LogP contribution is -2.54. The standard InChI is InChI=1S/C24H33ClN2O5/c1-23(7-11-26(12-8-23)21(28)17-30-2)22(29)27-13-9-24(10-14-27)15-20(16-31-24)32-19-5-3-18(25)4-6-19/h3-6,20H,7-17H2,1-2H3/t20-/m0/s1. The molecule has 0 N–H and O–H groups in total. The van der Waals surface area contributed by atoms with Crippen LogP contribution in [0, 0.1) is 5.41 Å². The van der Waals surface area contributed by atoms with E-state index in [1.54, 1.807) is 4.90 Å². The molecule has 2 amide bonds. The molecule has 0 aliphatic carbocycles. The summed E-state index contributed by atoms with van der Waals surface area (Å²) in [5.74, 6) is 1.00. The van der Waals surface area contributed by atoms with E-state index in [1.165, 1.54) is 7.11 Å². The Morgan fingerprint density at radius 2 is 1.69 bits per heavy atom. The van der Waals surface area contributed by atoms with E-state index in [0.717, 1.165) is 25.0 Å². The molecular formula is C24H33ClN2O5. The van der Waals surface area contributed by atoms with Gasteiger partial charge in [-0.15, -0.1) is 0 Å². The molecule has 32 heavy (non-hydrogen) atoms. The molecule has 3 fully saturated rings. The highest BCUT2D eigenvalue weighted by molar-refractivity contribution is 6.30. The average Bonchev–Trinajstić information content (AvgIpc) is 3.18. The minimum absolute atomic E-state index is 0.00401. The smallest absolute Gasteiger partial charge is 0.248 e. The van der Waals surface area contributed by atoms with Crippen LogP contribution in [0.5, 0.6) is 5.75 Å². The molecule has 176 valence electrons. The Morgan fingerprint density at radius 3 is 2.31 bits per heavy atom. The predicted molar refractivity (Wildman–Crippen MR) is 121 cm³/mol. The summed E-state index contributed by atoms with van der Waals surface area (Å²) in [6.07, 6.45) is 3.89. The average molecular weight is 465 g/mol. The SMILES string of the molecule is COCC(=O)N1CCC(C)(C(=O)N2CCC3(CC2)C[C@H](Oc2ccc(Cl)cc2)CO3)CC1. The van der Waals surface area contributed by atoms with Gasteiger partial charge >= 0.3 is 0 Å². The molecule has 8 heteroatoms. The van der Waals surface area contributed by atoms with Crippen molar-refractivity contribution in [1.29, 1.82) is 0 Å². The first-order chi connectivity index (χ1) is 15.3. The number of ether oxygens (including phenoxy) is 3. The van der Waals surface area contributed by atoms with Gasteiger partial charge in [0.1, 0.15) is 18.5 Å². The van der Waals surface area contributed by atoms with E-state index in [-0.39, 0.29) is 30.1 Å². The summed E-state index contributed by atoms with van der Waals surface area (Å²) in [5.41, 5.74) is -0.615. The Morgan fingerprint density at radius 1 is 1.06 bits per heavy atom. The van der Waals surface area contributed by atoms with Crippen LogP contribution in [0.1, 0.15) is 39.0 Å². The number of amides is 2. The third kappa shape index (κ3) is 5.05. The Balaban J connectivity index is 1.27. The van der Waals surface area contributed by atoms with Gasteiger partial charge in [0.05, 0.1) is 12.2 Å². The molecule has 0 aromatic heterocycles. The van der Waals surface area contributed by atoms with Gasteiger partial charge in [-0.3, -0.25) is 9.59 Å². The number of benzene rings is 1. The largest absolute Gasteiger partial charge is 0.488 e. The zero-order valence-electron chi connectivity index (χ0n) is 19.0. The van der Waals surface area contributed by atoms with Gasteiger partial charge in [0.25, 0.3) is 0 Å². The van der Waals surface area contributed by atoms with Crippen LogP contribution in [0.2, 0.25) is 5.02 Å². The second kappa shape index (κ2) is 9.57. The molecule has 3 aliphatic heterocycles. The van der Waals surface area contributed by atoms with Crippen LogP contribution >= 0.6 is 11.6 Å². The number of carbonyl (C=O) groups excluding carboxylic acids is 2. The van der Waals surface area contributed by atoms with Gasteiger partial charge in [-0.05, 0) is 49.9 Å². The van der Waals surface area contributed by atoms with Crippen LogP contribution < -0.4 is 4.74 Å². The molecule has 0 saturated carbocycles. The minimum atomic E-state index is -0.412. The zero-order chi connectivity index (χ0) is 22.8. The normalized spacial score (nSPS) is 24.5. The molecule has 0 bridgehead atoms. The fraction of sp³-hybridized carbons (Fsp3) is 0.667. The van der Waals surface area contributed by atoms with Crippen LogP contribution in [0.15, 0.2) is 24.3 Å². The van der Waals surface area contributed by atoms with Gasteiger partial charge in [0.2, 0.25) is 11.8 Å². The molecular weight excluding hydrogens is 432 g/mol. The highest BCUT2D eigenvalue weighted by atomic mass is 35.5. The summed E-state index contributed by atoms with van der Waals surface area (Å²) in [4.78, 5) is 29.2. The van der Waals surface area contributed by atoms with Gasteiger partial charge in [-0.1, -0.05) is 18.5 Å². The molecule has 1 spiro atoms. The molecule has 0 unspecified atom stereocenters. The third-order valence-electron chi connectivity index (χ3n) is 7.26. The second-order valence-electron chi connectivity index (χ2n) is 9.56. The highest BCUT2D eigenvalue weighted by Crippen LogP contribution is 2.40. The molecule has 0 radical (unpaired) electrons. The summed E-state index contributed by atoms with van der Waals surface area (Å²) >= 11 is 5.95. The van der Waals surface area contributed by atoms with Gasteiger partial charge < -0.3 is 24.0 Å². The first kappa shape index (κ1) is 23.3. The molecule has 3 aliphatic rings. The number of methoxy groups -OCH3 is 1.